The van der Waals surface area contributed by atoms with E-state index in [4.69, 9.17) is 14.2 Å². The minimum absolute atomic E-state index is 0.0275. The van der Waals surface area contributed by atoms with Gasteiger partial charge in [0.05, 0.1) is 30.3 Å². The summed E-state index contributed by atoms with van der Waals surface area (Å²) in [6, 6.07) is 2.02. The number of nitrogens with zero attached hydrogens (tertiary/aromatic N) is 1. The number of nitrogens with one attached hydrogen (secondary N) is 1. The lowest BCUT2D eigenvalue weighted by Gasteiger charge is -2.15. The minimum atomic E-state index is -0.751. The fraction of sp³-hybridized carbons (Fsp3) is 0.455. The highest BCUT2D eigenvalue weighted by Gasteiger charge is 2.19. The van der Waals surface area contributed by atoms with Crippen molar-refractivity contribution in [3.05, 3.63) is 28.1 Å². The normalized spacial score (nSPS) is 10.6. The van der Waals surface area contributed by atoms with Gasteiger partial charge in [-0.15, -0.1) is 0 Å². The number of methoxy groups -OCH3 is 3. The molecule has 0 saturated heterocycles. The van der Waals surface area contributed by atoms with Crippen molar-refractivity contribution >= 4 is 11.4 Å². The quantitative estimate of drug-likeness (QED) is 0.463. The van der Waals surface area contributed by atoms with Crippen LogP contribution in [0.1, 0.15) is 0 Å². The van der Waals surface area contributed by atoms with Crippen molar-refractivity contribution in [3.63, 3.8) is 0 Å². The molecule has 0 heterocycles. The number of hydrogen-bond donors (Lipinski definition) is 1. The van der Waals surface area contributed by atoms with Crippen LogP contribution in [0.15, 0.2) is 12.1 Å². The fourth-order valence-electron chi connectivity index (χ4n) is 1.44. The predicted molar refractivity (Wildman–Crippen MR) is 65.9 cm³/mol. The molecule has 0 saturated carbocycles. The van der Waals surface area contributed by atoms with Crippen LogP contribution in [0.3, 0.4) is 0 Å². The summed E-state index contributed by atoms with van der Waals surface area (Å²) in [7, 11) is 4.17. The molecule has 1 aromatic rings. The SMILES string of the molecule is COc1cc(NCC(OC)OC)c(F)cc1[N+](=O)[O-]. The molecule has 19 heavy (non-hydrogen) atoms. The average Bonchev–Trinajstić information content (AvgIpc) is 2.40. The molecule has 0 atom stereocenters. The lowest BCUT2D eigenvalue weighted by atomic mass is 10.2. The van der Waals surface area contributed by atoms with Crippen LogP contribution >= 0.6 is 0 Å². The Hall–Kier alpha value is -1.93. The highest BCUT2D eigenvalue weighted by molar-refractivity contribution is 5.59. The average molecular weight is 274 g/mol. The summed E-state index contributed by atoms with van der Waals surface area (Å²) in [5.74, 6) is -0.779. The zero-order valence-corrected chi connectivity index (χ0v) is 10.8. The standard InChI is InChI=1S/C11H15FN2O5/c1-17-10-5-8(13-6-11(18-2)19-3)7(12)4-9(10)14(15)16/h4-5,11,13H,6H2,1-3H3. The molecule has 106 valence electrons. The largest absolute Gasteiger partial charge is 0.490 e. The fourth-order valence-corrected chi connectivity index (χ4v) is 1.44. The molecular formula is C11H15FN2O5. The van der Waals surface area contributed by atoms with Gasteiger partial charge in [-0.25, -0.2) is 4.39 Å². The summed E-state index contributed by atoms with van der Waals surface area (Å²) in [5, 5.41) is 13.4. The first kappa shape index (κ1) is 15.1. The van der Waals surface area contributed by atoms with Crippen LogP contribution < -0.4 is 10.1 Å². The van der Waals surface area contributed by atoms with E-state index in [1.807, 2.05) is 0 Å². The highest BCUT2D eigenvalue weighted by atomic mass is 19.1. The number of nitro benzene ring substituents is 1. The van der Waals surface area contributed by atoms with Crippen LogP contribution in [-0.4, -0.2) is 39.1 Å². The van der Waals surface area contributed by atoms with E-state index in [0.717, 1.165) is 6.07 Å². The molecule has 8 heteroatoms. The molecule has 0 fully saturated rings. The van der Waals surface area contributed by atoms with Gasteiger partial charge in [0, 0.05) is 20.3 Å². The Morgan fingerprint density at radius 2 is 2.00 bits per heavy atom. The molecule has 0 spiro atoms. The molecule has 0 radical (unpaired) electrons. The first-order valence-corrected chi connectivity index (χ1v) is 5.34. The smallest absolute Gasteiger partial charge is 0.313 e. The van der Waals surface area contributed by atoms with Gasteiger partial charge in [0.25, 0.3) is 0 Å². The Morgan fingerprint density at radius 1 is 1.37 bits per heavy atom. The number of hydrogen-bond acceptors (Lipinski definition) is 6. The second-order valence-corrected chi connectivity index (χ2v) is 3.54. The van der Waals surface area contributed by atoms with Crippen LogP contribution in [0.4, 0.5) is 15.8 Å². The Morgan fingerprint density at radius 3 is 2.47 bits per heavy atom. The second kappa shape index (κ2) is 6.86. The zero-order valence-electron chi connectivity index (χ0n) is 10.8. The Bertz CT molecular complexity index is 451. The van der Waals surface area contributed by atoms with E-state index >= 15 is 0 Å². The van der Waals surface area contributed by atoms with Gasteiger partial charge < -0.3 is 19.5 Å². The monoisotopic (exact) mass is 274 g/mol. The summed E-state index contributed by atoms with van der Waals surface area (Å²) in [5.41, 5.74) is -0.359. The molecule has 0 bridgehead atoms. The first-order chi connectivity index (χ1) is 9.03. The first-order valence-electron chi connectivity index (χ1n) is 5.34. The number of rotatable bonds is 7. The number of anilines is 1. The summed E-state index contributed by atoms with van der Waals surface area (Å²) in [6.07, 6.45) is -0.555. The Kier molecular flexibility index (Phi) is 5.46. The van der Waals surface area contributed by atoms with E-state index in [0.29, 0.717) is 0 Å². The molecule has 1 aromatic carbocycles. The van der Waals surface area contributed by atoms with Crippen molar-refractivity contribution < 1.29 is 23.5 Å². The van der Waals surface area contributed by atoms with Crippen molar-refractivity contribution in [2.75, 3.05) is 33.2 Å². The van der Waals surface area contributed by atoms with E-state index in [1.54, 1.807) is 0 Å². The lowest BCUT2D eigenvalue weighted by Crippen LogP contribution is -2.24. The van der Waals surface area contributed by atoms with Crippen molar-refractivity contribution in [3.8, 4) is 5.75 Å². The van der Waals surface area contributed by atoms with Gasteiger partial charge in [-0.05, 0) is 0 Å². The molecule has 0 aromatic heterocycles. The third kappa shape index (κ3) is 3.76. The van der Waals surface area contributed by atoms with Crippen LogP contribution in [0, 0.1) is 15.9 Å². The molecule has 1 rings (SSSR count). The molecule has 7 nitrogen and oxygen atoms in total. The number of ether oxygens (including phenoxy) is 3. The van der Waals surface area contributed by atoms with Gasteiger partial charge in [0.1, 0.15) is 0 Å². The van der Waals surface area contributed by atoms with Crippen molar-refractivity contribution in [2.24, 2.45) is 0 Å². The van der Waals surface area contributed by atoms with Gasteiger partial charge in [0.2, 0.25) is 0 Å². The number of nitro groups is 1. The maximum absolute atomic E-state index is 13.7. The second-order valence-electron chi connectivity index (χ2n) is 3.54. The van der Waals surface area contributed by atoms with Gasteiger partial charge in [-0.2, -0.15) is 0 Å². The molecule has 0 amide bonds. The summed E-state index contributed by atoms with van der Waals surface area (Å²) >= 11 is 0. The molecule has 0 unspecified atom stereocenters. The number of benzene rings is 1. The molecule has 0 aliphatic rings. The van der Waals surface area contributed by atoms with E-state index in [9.17, 15) is 14.5 Å². The molecule has 0 aliphatic carbocycles. The van der Waals surface area contributed by atoms with E-state index in [1.165, 1.54) is 27.4 Å². The maximum atomic E-state index is 13.7. The third-order valence-electron chi connectivity index (χ3n) is 2.45. The zero-order chi connectivity index (χ0) is 14.4. The van der Waals surface area contributed by atoms with Gasteiger partial charge in [0.15, 0.2) is 17.9 Å². The van der Waals surface area contributed by atoms with E-state index < -0.39 is 22.7 Å². The Balaban J connectivity index is 2.93. The van der Waals surface area contributed by atoms with Gasteiger partial charge in [-0.1, -0.05) is 0 Å². The van der Waals surface area contributed by atoms with Crippen molar-refractivity contribution in [2.45, 2.75) is 6.29 Å². The van der Waals surface area contributed by atoms with Gasteiger partial charge in [-0.3, -0.25) is 10.1 Å². The van der Waals surface area contributed by atoms with Crippen LogP contribution in [0.5, 0.6) is 5.75 Å². The third-order valence-corrected chi connectivity index (χ3v) is 2.45. The van der Waals surface area contributed by atoms with E-state index in [2.05, 4.69) is 5.32 Å². The summed E-state index contributed by atoms with van der Waals surface area (Å²) in [6.45, 7) is 0.185. The minimum Gasteiger partial charge on any atom is -0.490 e. The van der Waals surface area contributed by atoms with Crippen LogP contribution in [0.2, 0.25) is 0 Å². The van der Waals surface area contributed by atoms with Crippen molar-refractivity contribution in [1.29, 1.82) is 0 Å². The summed E-state index contributed by atoms with van der Waals surface area (Å²) in [4.78, 5) is 9.99. The number of halogens is 1. The lowest BCUT2D eigenvalue weighted by molar-refractivity contribution is -0.385. The molecule has 1 N–H and O–H groups in total. The topological polar surface area (TPSA) is 82.9 Å². The van der Waals surface area contributed by atoms with E-state index in [-0.39, 0.29) is 18.0 Å². The van der Waals surface area contributed by atoms with Crippen molar-refractivity contribution in [1.82, 2.24) is 0 Å². The van der Waals surface area contributed by atoms with Crippen LogP contribution in [-0.2, 0) is 9.47 Å². The molecular weight excluding hydrogens is 259 g/mol. The summed E-state index contributed by atoms with van der Waals surface area (Å²) < 4.78 is 28.4. The van der Waals surface area contributed by atoms with Gasteiger partial charge >= 0.3 is 5.69 Å². The highest BCUT2D eigenvalue weighted by Crippen LogP contribution is 2.32. The predicted octanol–water partition coefficient (Wildman–Crippen LogP) is 1.77. The molecule has 0 aliphatic heterocycles. The van der Waals surface area contributed by atoms with Crippen LogP contribution in [0.25, 0.3) is 0 Å². The Labute approximate surface area is 109 Å². The maximum Gasteiger partial charge on any atom is 0.313 e.